The number of hydrogen-bond acceptors (Lipinski definition) is 3. The summed E-state index contributed by atoms with van der Waals surface area (Å²) >= 11 is 0. The zero-order valence-corrected chi connectivity index (χ0v) is 11.9. The molecule has 110 valence electrons. The molecule has 1 aromatic rings. The van der Waals surface area contributed by atoms with Crippen LogP contribution < -0.4 is 10.6 Å². The number of hydrogen-bond donors (Lipinski definition) is 4. The molecule has 0 saturated heterocycles. The minimum atomic E-state index is -1.48. The molecule has 1 atom stereocenters. The lowest BCUT2D eigenvalue weighted by atomic mass is 10.0. The topological polar surface area (TPSA) is 98.7 Å². The first-order chi connectivity index (χ1) is 9.18. The molecule has 6 nitrogen and oxygen atoms in total. The van der Waals surface area contributed by atoms with Crippen molar-refractivity contribution in [2.75, 3.05) is 11.9 Å². The van der Waals surface area contributed by atoms with Gasteiger partial charge in [0.15, 0.2) is 0 Å². The summed E-state index contributed by atoms with van der Waals surface area (Å²) in [5.41, 5.74) is 1.22. The molecule has 4 N–H and O–H groups in total. The molecule has 0 saturated carbocycles. The van der Waals surface area contributed by atoms with Crippen molar-refractivity contribution in [2.24, 2.45) is 0 Å². The fourth-order valence-corrected chi connectivity index (χ4v) is 1.88. The van der Waals surface area contributed by atoms with Crippen LogP contribution in [0.5, 0.6) is 0 Å². The number of urea groups is 1. The summed E-state index contributed by atoms with van der Waals surface area (Å²) in [7, 11) is 0. The monoisotopic (exact) mass is 280 g/mol. The van der Waals surface area contributed by atoms with Gasteiger partial charge in [0.25, 0.3) is 0 Å². The van der Waals surface area contributed by atoms with Crippen molar-refractivity contribution in [3.05, 3.63) is 29.3 Å². The predicted octanol–water partition coefficient (Wildman–Crippen LogP) is 1.65. The van der Waals surface area contributed by atoms with Gasteiger partial charge in [0.05, 0.1) is 12.0 Å². The highest BCUT2D eigenvalue weighted by Crippen LogP contribution is 2.13. The van der Waals surface area contributed by atoms with Crippen LogP contribution in [0.1, 0.15) is 24.5 Å². The normalized spacial score (nSPS) is 13.4. The Balaban J connectivity index is 2.53. The molecule has 1 rings (SSSR count). The lowest BCUT2D eigenvalue weighted by Gasteiger charge is -2.21. The predicted molar refractivity (Wildman–Crippen MR) is 75.8 cm³/mol. The van der Waals surface area contributed by atoms with Gasteiger partial charge >= 0.3 is 12.0 Å². The number of benzene rings is 1. The number of aliphatic carboxylic acids is 1. The first-order valence-corrected chi connectivity index (χ1v) is 6.25. The summed E-state index contributed by atoms with van der Waals surface area (Å²) in [5, 5.41) is 23.5. The average molecular weight is 280 g/mol. The summed E-state index contributed by atoms with van der Waals surface area (Å²) in [4.78, 5) is 22.2. The van der Waals surface area contributed by atoms with Gasteiger partial charge in [0.2, 0.25) is 0 Å². The Kier molecular flexibility index (Phi) is 5.10. The molecular weight excluding hydrogens is 260 g/mol. The number of aryl methyl sites for hydroxylation is 2. The number of aliphatic hydroxyl groups is 1. The number of anilines is 1. The van der Waals surface area contributed by atoms with Gasteiger partial charge in [0, 0.05) is 12.2 Å². The Hall–Kier alpha value is -2.08. The molecule has 0 aliphatic heterocycles. The summed E-state index contributed by atoms with van der Waals surface area (Å²) < 4.78 is 0. The average Bonchev–Trinajstić information content (AvgIpc) is 2.23. The van der Waals surface area contributed by atoms with Crippen LogP contribution in [0.3, 0.4) is 0 Å². The van der Waals surface area contributed by atoms with Crippen molar-refractivity contribution >= 4 is 17.7 Å². The molecule has 0 aliphatic carbocycles. The quantitative estimate of drug-likeness (QED) is 0.659. The molecule has 0 fully saturated rings. The number of amides is 2. The minimum absolute atomic E-state index is 0.143. The second-order valence-corrected chi connectivity index (χ2v) is 5.25. The van der Waals surface area contributed by atoms with E-state index in [0.717, 1.165) is 11.1 Å². The van der Waals surface area contributed by atoms with Gasteiger partial charge in [-0.05, 0) is 44.0 Å². The highest BCUT2D eigenvalue weighted by atomic mass is 16.4. The van der Waals surface area contributed by atoms with E-state index in [-0.39, 0.29) is 6.54 Å². The van der Waals surface area contributed by atoms with E-state index in [1.165, 1.54) is 6.92 Å². The molecule has 0 bridgehead atoms. The molecule has 1 aromatic carbocycles. The molecule has 0 spiro atoms. The van der Waals surface area contributed by atoms with Gasteiger partial charge < -0.3 is 20.8 Å². The minimum Gasteiger partial charge on any atom is -0.481 e. The van der Waals surface area contributed by atoms with Crippen LogP contribution >= 0.6 is 0 Å². The summed E-state index contributed by atoms with van der Waals surface area (Å²) in [6, 6.07) is 5.14. The number of carboxylic acids is 1. The number of carboxylic acid groups (broad SMARTS) is 1. The van der Waals surface area contributed by atoms with Crippen molar-refractivity contribution in [3.63, 3.8) is 0 Å². The molecule has 2 amide bonds. The number of carbonyl (C=O) groups is 2. The van der Waals surface area contributed by atoms with E-state index in [1.54, 1.807) is 0 Å². The van der Waals surface area contributed by atoms with Crippen molar-refractivity contribution in [3.8, 4) is 0 Å². The maximum atomic E-state index is 11.7. The van der Waals surface area contributed by atoms with Crippen molar-refractivity contribution < 1.29 is 19.8 Å². The van der Waals surface area contributed by atoms with Crippen LogP contribution in [0.15, 0.2) is 18.2 Å². The van der Waals surface area contributed by atoms with E-state index < -0.39 is 24.0 Å². The van der Waals surface area contributed by atoms with Crippen LogP contribution in [-0.2, 0) is 4.79 Å². The molecule has 0 aliphatic rings. The molecule has 20 heavy (non-hydrogen) atoms. The first kappa shape index (κ1) is 16.0. The number of rotatable bonds is 5. The van der Waals surface area contributed by atoms with E-state index in [0.29, 0.717) is 5.69 Å². The Morgan fingerprint density at radius 2 is 1.75 bits per heavy atom. The van der Waals surface area contributed by atoms with E-state index in [4.69, 9.17) is 5.11 Å². The van der Waals surface area contributed by atoms with Crippen LogP contribution in [0, 0.1) is 13.8 Å². The summed E-state index contributed by atoms with van der Waals surface area (Å²) in [6.45, 7) is 5.07. The van der Waals surface area contributed by atoms with E-state index in [9.17, 15) is 14.7 Å². The largest absolute Gasteiger partial charge is 0.481 e. The lowest BCUT2D eigenvalue weighted by molar-refractivity contribution is -0.141. The SMILES string of the molecule is Cc1cc(C)cc(NC(=O)NCC(C)(O)CC(=O)O)c1. The van der Waals surface area contributed by atoms with Crippen LogP contribution in [-0.4, -0.2) is 34.4 Å². The molecular formula is C14H20N2O4. The van der Waals surface area contributed by atoms with Crippen LogP contribution in [0.4, 0.5) is 10.5 Å². The Morgan fingerprint density at radius 3 is 2.25 bits per heavy atom. The Bertz CT molecular complexity index is 492. The van der Waals surface area contributed by atoms with Crippen LogP contribution in [0.25, 0.3) is 0 Å². The van der Waals surface area contributed by atoms with Gasteiger partial charge in [-0.1, -0.05) is 6.07 Å². The highest BCUT2D eigenvalue weighted by molar-refractivity contribution is 5.89. The van der Waals surface area contributed by atoms with E-state index >= 15 is 0 Å². The highest BCUT2D eigenvalue weighted by Gasteiger charge is 2.24. The third-order valence-corrected chi connectivity index (χ3v) is 2.64. The van der Waals surface area contributed by atoms with E-state index in [1.807, 2.05) is 32.0 Å². The standard InChI is InChI=1S/C14H20N2O4/c1-9-4-10(2)6-11(5-9)16-13(19)15-8-14(3,20)7-12(17)18/h4-6,20H,7-8H2,1-3H3,(H,17,18)(H2,15,16,19). The Morgan fingerprint density at radius 1 is 1.20 bits per heavy atom. The molecule has 0 radical (unpaired) electrons. The van der Waals surface area contributed by atoms with Gasteiger partial charge in [0.1, 0.15) is 0 Å². The maximum absolute atomic E-state index is 11.7. The fourth-order valence-electron chi connectivity index (χ4n) is 1.88. The molecule has 1 unspecified atom stereocenters. The molecule has 0 heterocycles. The summed E-state index contributed by atoms with van der Waals surface area (Å²) in [6.07, 6.45) is -0.434. The maximum Gasteiger partial charge on any atom is 0.319 e. The third kappa shape index (κ3) is 5.71. The fraction of sp³-hybridized carbons (Fsp3) is 0.429. The zero-order valence-electron chi connectivity index (χ0n) is 11.9. The van der Waals surface area contributed by atoms with E-state index in [2.05, 4.69) is 10.6 Å². The third-order valence-electron chi connectivity index (χ3n) is 2.64. The second kappa shape index (κ2) is 6.38. The molecule has 6 heteroatoms. The van der Waals surface area contributed by atoms with Gasteiger partial charge in [-0.3, -0.25) is 4.79 Å². The van der Waals surface area contributed by atoms with Gasteiger partial charge in [-0.2, -0.15) is 0 Å². The van der Waals surface area contributed by atoms with Crippen molar-refractivity contribution in [1.29, 1.82) is 0 Å². The second-order valence-electron chi connectivity index (χ2n) is 5.25. The van der Waals surface area contributed by atoms with Crippen molar-refractivity contribution in [1.82, 2.24) is 5.32 Å². The summed E-state index contributed by atoms with van der Waals surface area (Å²) in [5.74, 6) is -1.12. The van der Waals surface area contributed by atoms with Crippen molar-refractivity contribution in [2.45, 2.75) is 32.8 Å². The first-order valence-electron chi connectivity index (χ1n) is 6.25. The Labute approximate surface area is 117 Å². The lowest BCUT2D eigenvalue weighted by Crippen LogP contribution is -2.43. The van der Waals surface area contributed by atoms with Crippen LogP contribution in [0.2, 0.25) is 0 Å². The number of carbonyl (C=O) groups excluding carboxylic acids is 1. The van der Waals surface area contributed by atoms with Gasteiger partial charge in [-0.25, -0.2) is 4.79 Å². The smallest absolute Gasteiger partial charge is 0.319 e. The zero-order chi connectivity index (χ0) is 15.3. The number of nitrogens with one attached hydrogen (secondary N) is 2. The van der Waals surface area contributed by atoms with Gasteiger partial charge in [-0.15, -0.1) is 0 Å². The molecule has 0 aromatic heterocycles.